The Morgan fingerprint density at radius 1 is 1.35 bits per heavy atom. The normalized spacial score (nSPS) is 13.4. The van der Waals surface area contributed by atoms with E-state index in [1.54, 1.807) is 19.1 Å². The molecule has 0 fully saturated rings. The highest BCUT2D eigenvalue weighted by atomic mass is 35.5. The van der Waals surface area contributed by atoms with Crippen molar-refractivity contribution in [2.45, 2.75) is 37.3 Å². The van der Waals surface area contributed by atoms with Crippen LogP contribution in [0.3, 0.4) is 0 Å². The maximum absolute atomic E-state index is 12.2. The molecule has 94 valence electrons. The molecule has 1 atom stereocenters. The molecule has 1 aromatic carbocycles. The molecule has 0 spiro atoms. The van der Waals surface area contributed by atoms with Crippen molar-refractivity contribution in [2.75, 3.05) is 0 Å². The first-order valence-corrected chi connectivity index (χ1v) is 7.17. The molecule has 0 aliphatic heterocycles. The monoisotopic (exact) mass is 274 g/mol. The van der Waals surface area contributed by atoms with Crippen molar-refractivity contribution in [3.63, 3.8) is 0 Å². The van der Waals surface area contributed by atoms with Gasteiger partial charge >= 0.3 is 0 Å². The molecule has 1 aromatic rings. The fourth-order valence-corrected chi connectivity index (χ4v) is 3.56. The number of hydrogen-bond acceptors (Lipinski definition) is 3. The van der Waals surface area contributed by atoms with Crippen LogP contribution in [-0.2, 0) is 14.6 Å². The van der Waals surface area contributed by atoms with Crippen LogP contribution in [-0.4, -0.2) is 18.9 Å². The van der Waals surface area contributed by atoms with Crippen LogP contribution in [0.25, 0.3) is 0 Å². The lowest BCUT2D eigenvalue weighted by Gasteiger charge is -2.13. The summed E-state index contributed by atoms with van der Waals surface area (Å²) >= 11 is 5.23. The molecular formula is C12H15ClO3S. The van der Waals surface area contributed by atoms with Crippen LogP contribution in [0.2, 0.25) is 0 Å². The highest BCUT2D eigenvalue weighted by Crippen LogP contribution is 2.23. The Balaban J connectivity index is 3.21. The van der Waals surface area contributed by atoms with Crippen molar-refractivity contribution in [1.82, 2.24) is 0 Å². The maximum Gasteiger partial charge on any atom is 0.222 e. The van der Waals surface area contributed by atoms with Crippen molar-refractivity contribution in [1.29, 1.82) is 0 Å². The smallest absolute Gasteiger partial charge is 0.222 e. The molecule has 1 unspecified atom stereocenters. The standard InChI is InChI=1S/C12H15ClO3S/c1-8-4-5-9(2)11(6-8)17(15,16)10(3)7-12(13)14/h4-6,10H,7H2,1-3H3. The molecule has 0 heterocycles. The van der Waals surface area contributed by atoms with Gasteiger partial charge in [-0.2, -0.15) is 0 Å². The summed E-state index contributed by atoms with van der Waals surface area (Å²) in [4.78, 5) is 11.1. The Morgan fingerprint density at radius 2 is 1.94 bits per heavy atom. The van der Waals surface area contributed by atoms with E-state index in [2.05, 4.69) is 0 Å². The van der Waals surface area contributed by atoms with Gasteiger partial charge in [0.15, 0.2) is 9.84 Å². The average Bonchev–Trinajstić information content (AvgIpc) is 2.20. The van der Waals surface area contributed by atoms with E-state index >= 15 is 0 Å². The lowest BCUT2D eigenvalue weighted by Crippen LogP contribution is -2.21. The Morgan fingerprint density at radius 3 is 2.47 bits per heavy atom. The van der Waals surface area contributed by atoms with Crippen molar-refractivity contribution in [2.24, 2.45) is 0 Å². The van der Waals surface area contributed by atoms with Crippen LogP contribution in [0.5, 0.6) is 0 Å². The predicted molar refractivity (Wildman–Crippen MR) is 68.0 cm³/mol. The highest BCUT2D eigenvalue weighted by molar-refractivity contribution is 7.92. The first-order chi connectivity index (χ1) is 7.75. The van der Waals surface area contributed by atoms with Gasteiger partial charge in [0.1, 0.15) is 0 Å². The minimum Gasteiger partial charge on any atom is -0.281 e. The third-order valence-electron chi connectivity index (χ3n) is 2.63. The predicted octanol–water partition coefficient (Wildman–Crippen LogP) is 2.62. The van der Waals surface area contributed by atoms with E-state index in [0.717, 1.165) is 5.56 Å². The first kappa shape index (κ1) is 14.2. The molecule has 0 radical (unpaired) electrons. The molecule has 0 aliphatic rings. The molecule has 0 bridgehead atoms. The molecule has 0 amide bonds. The SMILES string of the molecule is Cc1ccc(C)c(S(=O)(=O)C(C)CC(=O)Cl)c1. The van der Waals surface area contributed by atoms with E-state index < -0.39 is 20.3 Å². The number of rotatable bonds is 4. The molecule has 1 rings (SSSR count). The summed E-state index contributed by atoms with van der Waals surface area (Å²) in [5, 5.41) is -1.43. The number of hydrogen-bond donors (Lipinski definition) is 0. The van der Waals surface area contributed by atoms with E-state index in [1.807, 2.05) is 13.0 Å². The Hall–Kier alpha value is -0.870. The number of aryl methyl sites for hydroxylation is 2. The molecule has 5 heteroatoms. The molecule has 0 saturated carbocycles. The number of carbonyl (C=O) groups is 1. The van der Waals surface area contributed by atoms with Gasteiger partial charge < -0.3 is 0 Å². The minimum atomic E-state index is -3.49. The lowest BCUT2D eigenvalue weighted by molar-refractivity contribution is -0.111. The van der Waals surface area contributed by atoms with Crippen LogP contribution >= 0.6 is 11.6 Å². The zero-order chi connectivity index (χ0) is 13.2. The largest absolute Gasteiger partial charge is 0.281 e. The van der Waals surface area contributed by atoms with Gasteiger partial charge in [0.25, 0.3) is 0 Å². The van der Waals surface area contributed by atoms with Crippen molar-refractivity contribution in [3.05, 3.63) is 29.3 Å². The third kappa shape index (κ3) is 3.30. The number of sulfone groups is 1. The summed E-state index contributed by atoms with van der Waals surface area (Å²) in [5.41, 5.74) is 1.56. The first-order valence-electron chi connectivity index (χ1n) is 5.24. The van der Waals surface area contributed by atoms with E-state index in [0.29, 0.717) is 5.56 Å². The zero-order valence-corrected chi connectivity index (χ0v) is 11.6. The van der Waals surface area contributed by atoms with Gasteiger partial charge in [-0.05, 0) is 49.6 Å². The number of benzene rings is 1. The molecule has 0 saturated heterocycles. The van der Waals surface area contributed by atoms with Crippen LogP contribution < -0.4 is 0 Å². The maximum atomic E-state index is 12.2. The van der Waals surface area contributed by atoms with Gasteiger partial charge in [-0.3, -0.25) is 4.79 Å². The molecule has 0 aromatic heterocycles. The fourth-order valence-electron chi connectivity index (χ4n) is 1.57. The second-order valence-electron chi connectivity index (χ2n) is 4.18. The van der Waals surface area contributed by atoms with Gasteiger partial charge in [0, 0.05) is 6.42 Å². The second-order valence-corrected chi connectivity index (χ2v) is 6.94. The quantitative estimate of drug-likeness (QED) is 0.793. The second kappa shape index (κ2) is 5.19. The Labute approximate surface area is 107 Å². The molecule has 3 nitrogen and oxygen atoms in total. The number of carbonyl (C=O) groups excluding carboxylic acids is 1. The molecule has 17 heavy (non-hydrogen) atoms. The van der Waals surface area contributed by atoms with Crippen LogP contribution in [0.4, 0.5) is 0 Å². The van der Waals surface area contributed by atoms with Crippen LogP contribution in [0, 0.1) is 13.8 Å². The van der Waals surface area contributed by atoms with E-state index in [-0.39, 0.29) is 11.3 Å². The summed E-state index contributed by atoms with van der Waals surface area (Å²) in [6.07, 6.45) is -0.169. The molecule has 0 aliphatic carbocycles. The summed E-state index contributed by atoms with van der Waals surface area (Å²) in [5.74, 6) is 0. The third-order valence-corrected chi connectivity index (χ3v) is 5.06. The topological polar surface area (TPSA) is 51.2 Å². The minimum absolute atomic E-state index is 0.169. The summed E-state index contributed by atoms with van der Waals surface area (Å²) < 4.78 is 24.5. The Bertz CT molecular complexity index is 535. The van der Waals surface area contributed by atoms with Gasteiger partial charge in [-0.25, -0.2) is 8.42 Å². The van der Waals surface area contributed by atoms with E-state index in [4.69, 9.17) is 11.6 Å². The highest BCUT2D eigenvalue weighted by Gasteiger charge is 2.26. The summed E-state index contributed by atoms with van der Waals surface area (Å²) in [6.45, 7) is 5.06. The lowest BCUT2D eigenvalue weighted by atomic mass is 10.2. The van der Waals surface area contributed by atoms with E-state index in [9.17, 15) is 13.2 Å². The van der Waals surface area contributed by atoms with Crippen LogP contribution in [0.15, 0.2) is 23.1 Å². The summed E-state index contributed by atoms with van der Waals surface area (Å²) in [7, 11) is -3.49. The van der Waals surface area contributed by atoms with Crippen LogP contribution in [0.1, 0.15) is 24.5 Å². The van der Waals surface area contributed by atoms with Gasteiger partial charge in [-0.1, -0.05) is 12.1 Å². The summed E-state index contributed by atoms with van der Waals surface area (Å²) in [6, 6.07) is 5.24. The van der Waals surface area contributed by atoms with Crippen molar-refractivity contribution in [3.8, 4) is 0 Å². The molecular weight excluding hydrogens is 260 g/mol. The molecule has 0 N–H and O–H groups in total. The van der Waals surface area contributed by atoms with E-state index in [1.165, 1.54) is 6.92 Å². The van der Waals surface area contributed by atoms with Gasteiger partial charge in [0.2, 0.25) is 5.24 Å². The Kier molecular flexibility index (Phi) is 4.33. The zero-order valence-electron chi connectivity index (χ0n) is 10.0. The van der Waals surface area contributed by atoms with Gasteiger partial charge in [0.05, 0.1) is 10.1 Å². The average molecular weight is 275 g/mol. The number of halogens is 1. The van der Waals surface area contributed by atoms with Crippen molar-refractivity contribution >= 4 is 26.7 Å². The fraction of sp³-hybridized carbons (Fsp3) is 0.417. The van der Waals surface area contributed by atoms with Gasteiger partial charge in [-0.15, -0.1) is 0 Å². The van der Waals surface area contributed by atoms with Crippen molar-refractivity contribution < 1.29 is 13.2 Å².